The van der Waals surface area contributed by atoms with E-state index < -0.39 is 0 Å². The molecule has 0 aliphatic carbocycles. The van der Waals surface area contributed by atoms with Crippen molar-refractivity contribution in [3.05, 3.63) is 170 Å². The first kappa shape index (κ1) is 29.0. The summed E-state index contributed by atoms with van der Waals surface area (Å²) in [5.41, 5.74) is 9.38. The molecule has 5 nitrogen and oxygen atoms in total. The number of fused-ring (bicyclic) bond motifs is 6. The first-order valence-corrected chi connectivity index (χ1v) is 17.0. The number of rotatable bonds is 5. The predicted octanol–water partition coefficient (Wildman–Crippen LogP) is 11.8. The van der Waals surface area contributed by atoms with Crippen molar-refractivity contribution in [3.8, 4) is 56.5 Å². The Labute approximate surface area is 293 Å². The van der Waals surface area contributed by atoms with Gasteiger partial charge in [0, 0.05) is 38.4 Å². The molecule has 0 bridgehead atoms. The van der Waals surface area contributed by atoms with Gasteiger partial charge < -0.3 is 4.42 Å². The molecule has 0 unspecified atom stereocenters. The maximum atomic E-state index is 6.57. The molecule has 0 spiro atoms. The number of nitrogens with zero attached hydrogens (tertiary/aromatic N) is 4. The minimum absolute atomic E-state index is 0.628. The van der Waals surface area contributed by atoms with Gasteiger partial charge in [-0.15, -0.1) is 0 Å². The molecule has 0 radical (unpaired) electrons. The summed E-state index contributed by atoms with van der Waals surface area (Å²) < 4.78 is 6.57. The van der Waals surface area contributed by atoms with E-state index >= 15 is 0 Å². The Balaban J connectivity index is 1.07. The molecule has 5 heteroatoms. The second-order valence-corrected chi connectivity index (χ2v) is 12.7. The number of para-hydroxylation sites is 1. The fraction of sp³-hybridized carbons (Fsp3) is 0. The Hall–Kier alpha value is -6.98. The van der Waals surface area contributed by atoms with Crippen LogP contribution in [0.25, 0.3) is 100 Å². The van der Waals surface area contributed by atoms with E-state index in [1.807, 2.05) is 72.8 Å². The number of benzene rings is 7. The van der Waals surface area contributed by atoms with Crippen LogP contribution in [-0.2, 0) is 0 Å². The van der Waals surface area contributed by atoms with Gasteiger partial charge in [0.15, 0.2) is 23.1 Å². The summed E-state index contributed by atoms with van der Waals surface area (Å²) in [6.45, 7) is 0. The van der Waals surface area contributed by atoms with Gasteiger partial charge in [0.05, 0.1) is 5.52 Å². The van der Waals surface area contributed by atoms with Crippen LogP contribution in [0.1, 0.15) is 0 Å². The van der Waals surface area contributed by atoms with Crippen molar-refractivity contribution in [3.63, 3.8) is 0 Å². The number of hydrogen-bond acceptors (Lipinski definition) is 5. The third kappa shape index (κ3) is 5.11. The maximum absolute atomic E-state index is 6.57. The molecule has 0 amide bonds. The predicted molar refractivity (Wildman–Crippen MR) is 207 cm³/mol. The van der Waals surface area contributed by atoms with E-state index in [-0.39, 0.29) is 0 Å². The third-order valence-electron chi connectivity index (χ3n) is 9.49. The number of hydrogen-bond donors (Lipinski definition) is 0. The zero-order valence-electron chi connectivity index (χ0n) is 27.4. The van der Waals surface area contributed by atoms with Crippen LogP contribution in [0, 0.1) is 0 Å². The van der Waals surface area contributed by atoms with Crippen molar-refractivity contribution in [1.82, 2.24) is 19.9 Å². The van der Waals surface area contributed by atoms with E-state index in [4.69, 9.17) is 24.4 Å². The highest BCUT2D eigenvalue weighted by atomic mass is 16.3. The fourth-order valence-corrected chi connectivity index (χ4v) is 6.96. The molecule has 3 aromatic heterocycles. The molecule has 238 valence electrons. The van der Waals surface area contributed by atoms with Gasteiger partial charge in [-0.2, -0.15) is 0 Å². The summed E-state index contributed by atoms with van der Waals surface area (Å²) in [6, 6.07) is 58.1. The Morgan fingerprint density at radius 3 is 1.57 bits per heavy atom. The maximum Gasteiger partial charge on any atom is 0.164 e. The zero-order valence-corrected chi connectivity index (χ0v) is 27.4. The molecule has 0 saturated heterocycles. The summed E-state index contributed by atoms with van der Waals surface area (Å²) >= 11 is 0. The molecule has 3 heterocycles. The van der Waals surface area contributed by atoms with Crippen LogP contribution in [0.3, 0.4) is 0 Å². The molecule has 0 atom stereocenters. The van der Waals surface area contributed by atoms with Crippen LogP contribution in [-0.4, -0.2) is 19.9 Å². The van der Waals surface area contributed by atoms with Crippen LogP contribution in [0.4, 0.5) is 0 Å². The number of pyridine rings is 1. The minimum Gasteiger partial charge on any atom is -0.454 e. The van der Waals surface area contributed by atoms with Crippen LogP contribution in [0.15, 0.2) is 174 Å². The van der Waals surface area contributed by atoms with Crippen LogP contribution < -0.4 is 0 Å². The average molecular weight is 653 g/mol. The Morgan fingerprint density at radius 1 is 0.353 bits per heavy atom. The summed E-state index contributed by atoms with van der Waals surface area (Å²) in [5, 5.41) is 5.62. The Kier molecular flexibility index (Phi) is 6.74. The van der Waals surface area contributed by atoms with E-state index in [9.17, 15) is 0 Å². The van der Waals surface area contributed by atoms with E-state index in [1.54, 1.807) is 0 Å². The Bertz CT molecular complexity index is 2840. The number of aromatic nitrogens is 4. The summed E-state index contributed by atoms with van der Waals surface area (Å²) in [4.78, 5) is 19.9. The van der Waals surface area contributed by atoms with Gasteiger partial charge in [-0.1, -0.05) is 146 Å². The van der Waals surface area contributed by atoms with Crippen LogP contribution >= 0.6 is 0 Å². The van der Waals surface area contributed by atoms with E-state index in [0.29, 0.717) is 17.5 Å². The van der Waals surface area contributed by atoms with Crippen LogP contribution in [0.5, 0.6) is 0 Å². The van der Waals surface area contributed by atoms with Gasteiger partial charge in [-0.25, -0.2) is 19.9 Å². The molecular formula is C46H28N4O. The normalized spacial score (nSPS) is 11.5. The van der Waals surface area contributed by atoms with Gasteiger partial charge in [0.1, 0.15) is 11.3 Å². The van der Waals surface area contributed by atoms with Gasteiger partial charge >= 0.3 is 0 Å². The molecule has 0 N–H and O–H groups in total. The van der Waals surface area contributed by atoms with Crippen molar-refractivity contribution in [2.24, 2.45) is 0 Å². The topological polar surface area (TPSA) is 64.7 Å². The SMILES string of the molecule is c1ccc(-c2nc(-c3ccccc3)nc(-c3ccc(-c4cccc(-c5nc6cc7ccccc7cc6c6c5oc5ccccc56)c4)cc3)n2)cc1. The molecule has 0 aliphatic heterocycles. The molecule has 10 rings (SSSR count). The summed E-state index contributed by atoms with van der Waals surface area (Å²) in [5.74, 6) is 1.91. The fourth-order valence-electron chi connectivity index (χ4n) is 6.96. The van der Waals surface area contributed by atoms with Crippen molar-refractivity contribution in [1.29, 1.82) is 0 Å². The molecule has 0 saturated carbocycles. The smallest absolute Gasteiger partial charge is 0.164 e. The molecule has 7 aromatic carbocycles. The van der Waals surface area contributed by atoms with Gasteiger partial charge in [-0.05, 0) is 46.2 Å². The lowest BCUT2D eigenvalue weighted by Crippen LogP contribution is -2.00. The van der Waals surface area contributed by atoms with Crippen molar-refractivity contribution in [2.45, 2.75) is 0 Å². The highest BCUT2D eigenvalue weighted by Crippen LogP contribution is 2.41. The van der Waals surface area contributed by atoms with E-state index in [0.717, 1.165) is 77.3 Å². The summed E-state index contributed by atoms with van der Waals surface area (Å²) in [6.07, 6.45) is 0. The first-order valence-electron chi connectivity index (χ1n) is 17.0. The number of furan rings is 1. The molecule has 0 aliphatic rings. The lowest BCUT2D eigenvalue weighted by molar-refractivity contribution is 0.669. The van der Waals surface area contributed by atoms with Gasteiger partial charge in [0.25, 0.3) is 0 Å². The molecule has 10 aromatic rings. The first-order chi connectivity index (χ1) is 25.2. The average Bonchev–Trinajstić information content (AvgIpc) is 3.60. The van der Waals surface area contributed by atoms with Crippen LogP contribution in [0.2, 0.25) is 0 Å². The highest BCUT2D eigenvalue weighted by Gasteiger charge is 2.19. The van der Waals surface area contributed by atoms with E-state index in [1.165, 1.54) is 5.39 Å². The second-order valence-electron chi connectivity index (χ2n) is 12.7. The summed E-state index contributed by atoms with van der Waals surface area (Å²) in [7, 11) is 0. The Morgan fingerprint density at radius 2 is 0.882 bits per heavy atom. The highest BCUT2D eigenvalue weighted by molar-refractivity contribution is 6.22. The lowest BCUT2D eigenvalue weighted by Gasteiger charge is -2.10. The standard InChI is InChI=1S/C46H28N4O/c1-3-12-30(13-4-1)44-48-45(31-14-5-2-6-15-31)50-46(49-44)32-24-22-29(23-25-32)33-18-11-19-36(26-33)42-43-41(37-20-9-10-21-40(37)51-43)38-27-34-16-7-8-17-35(34)28-39(38)47-42/h1-28H. The van der Waals surface area contributed by atoms with Crippen molar-refractivity contribution in [2.75, 3.05) is 0 Å². The van der Waals surface area contributed by atoms with Crippen molar-refractivity contribution < 1.29 is 4.42 Å². The third-order valence-corrected chi connectivity index (χ3v) is 9.49. The largest absolute Gasteiger partial charge is 0.454 e. The van der Waals surface area contributed by atoms with E-state index in [2.05, 4.69) is 97.1 Å². The molecule has 51 heavy (non-hydrogen) atoms. The molecular weight excluding hydrogens is 625 g/mol. The lowest BCUT2D eigenvalue weighted by atomic mass is 9.97. The quantitative estimate of drug-likeness (QED) is 0.173. The van der Waals surface area contributed by atoms with Gasteiger partial charge in [0.2, 0.25) is 0 Å². The zero-order chi connectivity index (χ0) is 33.7. The monoisotopic (exact) mass is 652 g/mol. The van der Waals surface area contributed by atoms with Crippen molar-refractivity contribution >= 4 is 43.6 Å². The molecule has 0 fully saturated rings. The second kappa shape index (κ2) is 11.9. The minimum atomic E-state index is 0.628. The van der Waals surface area contributed by atoms with Gasteiger partial charge in [-0.3, -0.25) is 0 Å².